The second kappa shape index (κ2) is 7.14. The maximum atomic E-state index is 12.0. The van der Waals surface area contributed by atoms with Gasteiger partial charge in [-0.25, -0.2) is 4.79 Å². The molecule has 1 aliphatic rings. The van der Waals surface area contributed by atoms with Crippen molar-refractivity contribution in [3.63, 3.8) is 0 Å². The lowest BCUT2D eigenvalue weighted by molar-refractivity contribution is 0.186. The van der Waals surface area contributed by atoms with Gasteiger partial charge in [0.1, 0.15) is 0 Å². The highest BCUT2D eigenvalue weighted by Gasteiger charge is 2.22. The molecule has 0 bridgehead atoms. The van der Waals surface area contributed by atoms with Crippen LogP contribution in [-0.4, -0.2) is 43.7 Å². The van der Waals surface area contributed by atoms with E-state index in [1.165, 1.54) is 17.5 Å². The SMILES string of the molecule is CN(C)C(C)(C)CNC(=O)NC[C@@H]1CCCc2ccccc21. The summed E-state index contributed by atoms with van der Waals surface area (Å²) in [7, 11) is 4.05. The standard InChI is InChI=1S/C18H29N3O/c1-18(2,21(3)4)13-20-17(22)19-12-15-10-7-9-14-8-5-6-11-16(14)15/h5-6,8,11,15H,7,9-10,12-13H2,1-4H3,(H2,19,20,22)/t15-/m0/s1. The molecular formula is C18H29N3O. The summed E-state index contributed by atoms with van der Waals surface area (Å²) in [5, 5.41) is 6.01. The summed E-state index contributed by atoms with van der Waals surface area (Å²) in [6, 6.07) is 8.54. The van der Waals surface area contributed by atoms with Crippen molar-refractivity contribution in [1.82, 2.24) is 15.5 Å². The van der Waals surface area contributed by atoms with Crippen LogP contribution in [0.3, 0.4) is 0 Å². The summed E-state index contributed by atoms with van der Waals surface area (Å²) >= 11 is 0. The largest absolute Gasteiger partial charge is 0.338 e. The molecule has 1 aromatic carbocycles. The van der Waals surface area contributed by atoms with E-state index in [0.29, 0.717) is 19.0 Å². The van der Waals surface area contributed by atoms with Crippen LogP contribution in [0.1, 0.15) is 43.7 Å². The second-order valence-electron chi connectivity index (χ2n) is 7.06. The maximum absolute atomic E-state index is 12.0. The molecule has 2 N–H and O–H groups in total. The molecule has 0 aromatic heterocycles. The third-order valence-electron chi connectivity index (χ3n) is 4.89. The van der Waals surface area contributed by atoms with Crippen LogP contribution in [-0.2, 0) is 6.42 Å². The molecule has 2 rings (SSSR count). The van der Waals surface area contributed by atoms with Crippen molar-refractivity contribution in [3.8, 4) is 0 Å². The van der Waals surface area contributed by atoms with Gasteiger partial charge in [0.25, 0.3) is 0 Å². The first-order valence-electron chi connectivity index (χ1n) is 8.17. The van der Waals surface area contributed by atoms with Crippen LogP contribution in [0.5, 0.6) is 0 Å². The number of benzene rings is 1. The zero-order valence-corrected chi connectivity index (χ0v) is 14.3. The highest BCUT2D eigenvalue weighted by molar-refractivity contribution is 5.74. The van der Waals surface area contributed by atoms with Gasteiger partial charge in [-0.05, 0) is 58.3 Å². The fourth-order valence-corrected chi connectivity index (χ4v) is 2.80. The van der Waals surface area contributed by atoms with E-state index in [1.54, 1.807) is 0 Å². The van der Waals surface area contributed by atoms with E-state index in [4.69, 9.17) is 0 Å². The number of likely N-dealkylation sites (N-methyl/N-ethyl adjacent to an activating group) is 1. The quantitative estimate of drug-likeness (QED) is 0.878. The van der Waals surface area contributed by atoms with E-state index in [1.807, 2.05) is 14.1 Å². The Kier molecular flexibility index (Phi) is 5.46. The number of hydrogen-bond acceptors (Lipinski definition) is 2. The van der Waals surface area contributed by atoms with Crippen LogP contribution in [0.25, 0.3) is 0 Å². The van der Waals surface area contributed by atoms with Gasteiger partial charge in [-0.15, -0.1) is 0 Å². The minimum Gasteiger partial charge on any atom is -0.338 e. The van der Waals surface area contributed by atoms with Crippen molar-refractivity contribution in [3.05, 3.63) is 35.4 Å². The Morgan fingerprint density at radius 1 is 1.27 bits per heavy atom. The van der Waals surface area contributed by atoms with Crippen molar-refractivity contribution in [2.75, 3.05) is 27.2 Å². The van der Waals surface area contributed by atoms with E-state index in [2.05, 4.69) is 53.6 Å². The van der Waals surface area contributed by atoms with Crippen LogP contribution in [0.15, 0.2) is 24.3 Å². The highest BCUT2D eigenvalue weighted by Crippen LogP contribution is 2.30. The predicted octanol–water partition coefficient (Wildman–Crippen LogP) is 2.75. The third kappa shape index (κ3) is 4.23. The van der Waals surface area contributed by atoms with Crippen molar-refractivity contribution in [2.45, 2.75) is 44.6 Å². The lowest BCUT2D eigenvalue weighted by Gasteiger charge is -2.32. The fraction of sp³-hybridized carbons (Fsp3) is 0.611. The van der Waals surface area contributed by atoms with Gasteiger partial charge < -0.3 is 15.5 Å². The zero-order valence-electron chi connectivity index (χ0n) is 14.3. The van der Waals surface area contributed by atoms with Gasteiger partial charge in [-0.3, -0.25) is 0 Å². The molecule has 0 aliphatic heterocycles. The number of amides is 2. The summed E-state index contributed by atoms with van der Waals surface area (Å²) in [5.74, 6) is 0.442. The molecule has 1 aliphatic carbocycles. The molecular weight excluding hydrogens is 274 g/mol. The molecule has 0 unspecified atom stereocenters. The number of fused-ring (bicyclic) bond motifs is 1. The maximum Gasteiger partial charge on any atom is 0.314 e. The van der Waals surface area contributed by atoms with Gasteiger partial charge in [0.05, 0.1) is 0 Å². The topological polar surface area (TPSA) is 44.4 Å². The average molecular weight is 303 g/mol. The van der Waals surface area contributed by atoms with Crippen LogP contribution < -0.4 is 10.6 Å². The molecule has 4 heteroatoms. The van der Waals surface area contributed by atoms with E-state index < -0.39 is 0 Å². The van der Waals surface area contributed by atoms with Crippen LogP contribution in [0.4, 0.5) is 4.79 Å². The van der Waals surface area contributed by atoms with Crippen molar-refractivity contribution in [1.29, 1.82) is 0 Å². The van der Waals surface area contributed by atoms with E-state index in [-0.39, 0.29) is 11.6 Å². The van der Waals surface area contributed by atoms with E-state index in [9.17, 15) is 4.79 Å². The third-order valence-corrected chi connectivity index (χ3v) is 4.89. The number of urea groups is 1. The fourth-order valence-electron chi connectivity index (χ4n) is 2.80. The zero-order chi connectivity index (χ0) is 16.2. The first-order valence-corrected chi connectivity index (χ1v) is 8.17. The average Bonchev–Trinajstić information content (AvgIpc) is 2.50. The molecule has 0 saturated heterocycles. The Morgan fingerprint density at radius 3 is 2.73 bits per heavy atom. The normalized spacial score (nSPS) is 18.0. The van der Waals surface area contributed by atoms with Gasteiger partial charge in [0, 0.05) is 24.5 Å². The summed E-state index contributed by atoms with van der Waals surface area (Å²) < 4.78 is 0. The van der Waals surface area contributed by atoms with Crippen LogP contribution in [0.2, 0.25) is 0 Å². The minimum absolute atomic E-state index is 0.0468. The van der Waals surface area contributed by atoms with E-state index >= 15 is 0 Å². The molecule has 0 fully saturated rings. The number of carbonyl (C=O) groups excluding carboxylic acids is 1. The number of nitrogens with zero attached hydrogens (tertiary/aromatic N) is 1. The number of rotatable bonds is 5. The van der Waals surface area contributed by atoms with Gasteiger partial charge >= 0.3 is 6.03 Å². The number of nitrogens with one attached hydrogen (secondary N) is 2. The molecule has 0 heterocycles. The van der Waals surface area contributed by atoms with Crippen molar-refractivity contribution >= 4 is 6.03 Å². The lowest BCUT2D eigenvalue weighted by Crippen LogP contribution is -2.50. The molecule has 0 radical (unpaired) electrons. The number of hydrogen-bond donors (Lipinski definition) is 2. The second-order valence-corrected chi connectivity index (χ2v) is 7.06. The summed E-state index contributed by atoms with van der Waals surface area (Å²) in [5.41, 5.74) is 2.80. The molecule has 2 amide bonds. The Balaban J connectivity index is 1.83. The van der Waals surface area contributed by atoms with Gasteiger partial charge in [0.15, 0.2) is 0 Å². The lowest BCUT2D eigenvalue weighted by atomic mass is 9.83. The molecule has 0 spiro atoms. The first kappa shape index (κ1) is 16.8. The molecule has 22 heavy (non-hydrogen) atoms. The highest BCUT2D eigenvalue weighted by atomic mass is 16.2. The number of carbonyl (C=O) groups is 1. The minimum atomic E-state index is -0.0713. The molecule has 1 aromatic rings. The Labute approximate surface area is 134 Å². The summed E-state index contributed by atoms with van der Waals surface area (Å²) in [6.07, 6.45) is 3.52. The van der Waals surface area contributed by atoms with Gasteiger partial charge in [0.2, 0.25) is 0 Å². The van der Waals surface area contributed by atoms with Gasteiger partial charge in [-0.2, -0.15) is 0 Å². The summed E-state index contributed by atoms with van der Waals surface area (Å²) in [4.78, 5) is 14.1. The summed E-state index contributed by atoms with van der Waals surface area (Å²) in [6.45, 7) is 5.58. The van der Waals surface area contributed by atoms with Crippen molar-refractivity contribution < 1.29 is 4.79 Å². The monoisotopic (exact) mass is 303 g/mol. The van der Waals surface area contributed by atoms with Crippen LogP contribution >= 0.6 is 0 Å². The molecule has 4 nitrogen and oxygen atoms in total. The van der Waals surface area contributed by atoms with Crippen LogP contribution in [0, 0.1) is 0 Å². The van der Waals surface area contributed by atoms with Crippen molar-refractivity contribution in [2.24, 2.45) is 0 Å². The Morgan fingerprint density at radius 2 is 2.00 bits per heavy atom. The van der Waals surface area contributed by atoms with Gasteiger partial charge in [-0.1, -0.05) is 24.3 Å². The predicted molar refractivity (Wildman–Crippen MR) is 91.3 cm³/mol. The Bertz CT molecular complexity index is 511. The molecule has 1 atom stereocenters. The Hall–Kier alpha value is -1.55. The van der Waals surface area contributed by atoms with E-state index in [0.717, 1.165) is 12.8 Å². The number of aryl methyl sites for hydroxylation is 1. The molecule has 0 saturated carbocycles. The molecule has 122 valence electrons. The first-order chi connectivity index (χ1) is 10.4. The smallest absolute Gasteiger partial charge is 0.314 e.